The van der Waals surface area contributed by atoms with Gasteiger partial charge in [-0.1, -0.05) is 0 Å². The van der Waals surface area contributed by atoms with Gasteiger partial charge < -0.3 is 14.5 Å². The summed E-state index contributed by atoms with van der Waals surface area (Å²) in [5.41, 5.74) is 1.87. The van der Waals surface area contributed by atoms with E-state index in [0.717, 1.165) is 29.6 Å². The van der Waals surface area contributed by atoms with E-state index in [4.69, 9.17) is 9.72 Å². The van der Waals surface area contributed by atoms with E-state index >= 15 is 0 Å². The molecule has 2 amide bonds. The van der Waals surface area contributed by atoms with Gasteiger partial charge in [0.2, 0.25) is 0 Å². The second kappa shape index (κ2) is 8.05. The fourth-order valence-corrected chi connectivity index (χ4v) is 4.52. The quantitative estimate of drug-likeness (QED) is 0.707. The lowest BCUT2D eigenvalue weighted by Crippen LogP contribution is -2.60. The average Bonchev–Trinajstić information content (AvgIpc) is 3.43. The summed E-state index contributed by atoms with van der Waals surface area (Å²) < 4.78 is 7.44. The van der Waals surface area contributed by atoms with Crippen LogP contribution in [0.4, 0.5) is 4.79 Å². The minimum atomic E-state index is -0.547. The van der Waals surface area contributed by atoms with Crippen molar-refractivity contribution in [1.29, 1.82) is 0 Å². The van der Waals surface area contributed by atoms with Gasteiger partial charge in [0.25, 0.3) is 5.91 Å². The summed E-state index contributed by atoms with van der Waals surface area (Å²) in [6.07, 6.45) is 3.66. The molecule has 2 atom stereocenters. The second-order valence-electron chi connectivity index (χ2n) is 10.6. The fourth-order valence-electron chi connectivity index (χ4n) is 4.52. The first kappa shape index (κ1) is 22.6. The van der Waals surface area contributed by atoms with Crippen molar-refractivity contribution in [2.45, 2.75) is 91.0 Å². The highest BCUT2D eigenvalue weighted by Crippen LogP contribution is 2.40. The third kappa shape index (κ3) is 4.32. The monoisotopic (exact) mass is 441 g/mol. The van der Waals surface area contributed by atoms with Crippen molar-refractivity contribution in [3.63, 3.8) is 0 Å². The SMILES string of the molecule is CC1CN(C(=O)OC(C)(C)C)CC(C)N1C(=O)c1cc(C2CC2)nc2c1cnn2C(C)C. The zero-order valence-corrected chi connectivity index (χ0v) is 20.3. The summed E-state index contributed by atoms with van der Waals surface area (Å²) in [4.78, 5) is 34.9. The van der Waals surface area contributed by atoms with Gasteiger partial charge in [0.15, 0.2) is 5.65 Å². The molecule has 0 radical (unpaired) electrons. The van der Waals surface area contributed by atoms with Gasteiger partial charge in [-0.3, -0.25) is 4.79 Å². The van der Waals surface area contributed by atoms with E-state index in [2.05, 4.69) is 18.9 Å². The average molecular weight is 442 g/mol. The topological polar surface area (TPSA) is 80.6 Å². The Morgan fingerprint density at radius 1 is 1.12 bits per heavy atom. The summed E-state index contributed by atoms with van der Waals surface area (Å²) in [6, 6.07) is 1.86. The van der Waals surface area contributed by atoms with Crippen molar-refractivity contribution in [2.75, 3.05) is 13.1 Å². The number of amides is 2. The minimum Gasteiger partial charge on any atom is -0.444 e. The molecule has 2 aromatic rings. The van der Waals surface area contributed by atoms with E-state index in [-0.39, 0.29) is 30.1 Å². The largest absolute Gasteiger partial charge is 0.444 e. The molecule has 2 fully saturated rings. The van der Waals surface area contributed by atoms with Crippen LogP contribution in [-0.2, 0) is 4.74 Å². The standard InChI is InChI=1S/C24H35N5O3/c1-14(2)29-21-19(11-25-29)18(10-20(26-21)17-8-9-17)22(30)28-15(3)12-27(13-16(28)4)23(31)32-24(5,6)7/h10-11,14-17H,8-9,12-13H2,1-7H3. The Labute approximate surface area is 189 Å². The van der Waals surface area contributed by atoms with Crippen molar-refractivity contribution >= 4 is 23.0 Å². The van der Waals surface area contributed by atoms with Crippen LogP contribution in [0.1, 0.15) is 89.3 Å². The second-order valence-corrected chi connectivity index (χ2v) is 10.6. The molecule has 2 unspecified atom stereocenters. The predicted molar refractivity (Wildman–Crippen MR) is 123 cm³/mol. The van der Waals surface area contributed by atoms with Gasteiger partial charge in [-0.2, -0.15) is 5.10 Å². The molecule has 1 saturated carbocycles. The number of rotatable bonds is 3. The van der Waals surface area contributed by atoms with Crippen LogP contribution in [0.2, 0.25) is 0 Å². The van der Waals surface area contributed by atoms with Gasteiger partial charge >= 0.3 is 6.09 Å². The van der Waals surface area contributed by atoms with Gasteiger partial charge in [-0.05, 0) is 67.4 Å². The molecule has 174 valence electrons. The van der Waals surface area contributed by atoms with Gasteiger partial charge in [-0.15, -0.1) is 0 Å². The van der Waals surface area contributed by atoms with E-state index < -0.39 is 5.60 Å². The number of carbonyl (C=O) groups is 2. The van der Waals surface area contributed by atoms with Crippen LogP contribution in [-0.4, -0.2) is 67.3 Å². The fraction of sp³-hybridized carbons (Fsp3) is 0.667. The number of ether oxygens (including phenoxy) is 1. The molecule has 1 saturated heterocycles. The molecule has 2 aliphatic rings. The summed E-state index contributed by atoms with van der Waals surface area (Å²) in [5.74, 6) is 0.409. The van der Waals surface area contributed by atoms with Crippen molar-refractivity contribution < 1.29 is 14.3 Å². The molecule has 8 nitrogen and oxygen atoms in total. The number of pyridine rings is 1. The smallest absolute Gasteiger partial charge is 0.410 e. The Morgan fingerprint density at radius 2 is 1.75 bits per heavy atom. The van der Waals surface area contributed by atoms with E-state index in [1.165, 1.54) is 0 Å². The Balaban J connectivity index is 1.64. The van der Waals surface area contributed by atoms with E-state index in [1.54, 1.807) is 11.1 Å². The number of hydrogen-bond acceptors (Lipinski definition) is 5. The lowest BCUT2D eigenvalue weighted by molar-refractivity contribution is -0.00483. The van der Waals surface area contributed by atoms with Crippen molar-refractivity contribution in [3.05, 3.63) is 23.5 Å². The zero-order chi connectivity index (χ0) is 23.4. The van der Waals surface area contributed by atoms with Crippen LogP contribution in [0.15, 0.2) is 12.3 Å². The molecular formula is C24H35N5O3. The van der Waals surface area contributed by atoms with Gasteiger partial charge in [0.05, 0.1) is 17.1 Å². The van der Waals surface area contributed by atoms with Gasteiger partial charge in [0, 0.05) is 42.8 Å². The number of aromatic nitrogens is 3. The predicted octanol–water partition coefficient (Wildman–Crippen LogP) is 4.36. The Hall–Kier alpha value is -2.64. The summed E-state index contributed by atoms with van der Waals surface area (Å²) in [5, 5.41) is 5.32. The molecule has 0 aromatic carbocycles. The van der Waals surface area contributed by atoms with Crippen LogP contribution in [0, 0.1) is 0 Å². The first-order chi connectivity index (χ1) is 15.0. The molecule has 32 heavy (non-hydrogen) atoms. The van der Waals surface area contributed by atoms with Crippen molar-refractivity contribution in [1.82, 2.24) is 24.6 Å². The highest BCUT2D eigenvalue weighted by Gasteiger charge is 2.38. The van der Waals surface area contributed by atoms with E-state index in [0.29, 0.717) is 24.6 Å². The van der Waals surface area contributed by atoms with Crippen LogP contribution in [0.25, 0.3) is 11.0 Å². The normalized spacial score (nSPS) is 22.0. The van der Waals surface area contributed by atoms with Crippen molar-refractivity contribution in [3.8, 4) is 0 Å². The molecule has 1 aliphatic heterocycles. The Kier molecular flexibility index (Phi) is 5.67. The van der Waals surface area contributed by atoms with Gasteiger partial charge in [0.1, 0.15) is 5.60 Å². The first-order valence-corrected chi connectivity index (χ1v) is 11.6. The van der Waals surface area contributed by atoms with E-state index in [1.807, 2.05) is 50.3 Å². The maximum atomic E-state index is 13.8. The van der Waals surface area contributed by atoms with Crippen molar-refractivity contribution in [2.24, 2.45) is 0 Å². The number of fused-ring (bicyclic) bond motifs is 1. The molecule has 4 rings (SSSR count). The summed E-state index contributed by atoms with van der Waals surface area (Å²) in [7, 11) is 0. The highest BCUT2D eigenvalue weighted by molar-refractivity contribution is 6.06. The number of piperazine rings is 1. The minimum absolute atomic E-state index is 0.0218. The van der Waals surface area contributed by atoms with Crippen LogP contribution in [0.5, 0.6) is 0 Å². The summed E-state index contributed by atoms with van der Waals surface area (Å²) >= 11 is 0. The van der Waals surface area contributed by atoms with Gasteiger partial charge in [-0.25, -0.2) is 14.5 Å². The maximum Gasteiger partial charge on any atom is 0.410 e. The molecule has 2 aromatic heterocycles. The number of hydrogen-bond donors (Lipinski definition) is 0. The zero-order valence-electron chi connectivity index (χ0n) is 20.3. The van der Waals surface area contributed by atoms with Crippen LogP contribution in [0.3, 0.4) is 0 Å². The lowest BCUT2D eigenvalue weighted by atomic mass is 10.0. The van der Waals surface area contributed by atoms with Crippen LogP contribution < -0.4 is 0 Å². The first-order valence-electron chi connectivity index (χ1n) is 11.6. The molecule has 1 aliphatic carbocycles. The Bertz CT molecular complexity index is 1020. The summed E-state index contributed by atoms with van der Waals surface area (Å²) in [6.45, 7) is 14.6. The number of carbonyl (C=O) groups excluding carboxylic acids is 2. The lowest BCUT2D eigenvalue weighted by Gasteiger charge is -2.44. The molecule has 0 spiro atoms. The molecule has 8 heteroatoms. The Morgan fingerprint density at radius 3 is 2.28 bits per heavy atom. The third-order valence-electron chi connectivity index (χ3n) is 6.11. The van der Waals surface area contributed by atoms with Crippen LogP contribution >= 0.6 is 0 Å². The number of nitrogens with zero attached hydrogens (tertiary/aromatic N) is 5. The molecule has 0 N–H and O–H groups in total. The van der Waals surface area contributed by atoms with E-state index in [9.17, 15) is 9.59 Å². The molecule has 0 bridgehead atoms. The highest BCUT2D eigenvalue weighted by atomic mass is 16.6. The maximum absolute atomic E-state index is 13.8. The molecule has 3 heterocycles. The molecular weight excluding hydrogens is 406 g/mol. The third-order valence-corrected chi connectivity index (χ3v) is 6.11.